The minimum atomic E-state index is -0.418. The average Bonchev–Trinajstić information content (AvgIpc) is 3.10. The predicted octanol–water partition coefficient (Wildman–Crippen LogP) is 5.28. The summed E-state index contributed by atoms with van der Waals surface area (Å²) in [6, 6.07) is 7.56. The number of rotatable bonds is 7. The molecule has 0 aliphatic heterocycles. The Hall–Kier alpha value is -2.27. The van der Waals surface area contributed by atoms with E-state index in [1.165, 1.54) is 0 Å². The first-order valence-electron chi connectivity index (χ1n) is 9.08. The van der Waals surface area contributed by atoms with Gasteiger partial charge in [0.2, 0.25) is 0 Å². The summed E-state index contributed by atoms with van der Waals surface area (Å²) < 4.78 is 10.9. The Labute approximate surface area is 156 Å². The van der Waals surface area contributed by atoms with Gasteiger partial charge < -0.3 is 13.9 Å². The molecule has 2 unspecified atom stereocenters. The largest absolute Gasteiger partial charge is 0.507 e. The minimum absolute atomic E-state index is 0.0503. The van der Waals surface area contributed by atoms with Crippen molar-refractivity contribution in [2.24, 2.45) is 5.92 Å². The van der Waals surface area contributed by atoms with E-state index in [1.54, 1.807) is 29.9 Å². The van der Waals surface area contributed by atoms with Gasteiger partial charge in [-0.1, -0.05) is 13.0 Å². The highest BCUT2D eigenvalue weighted by molar-refractivity contribution is 7.10. The molecule has 26 heavy (non-hydrogen) atoms. The van der Waals surface area contributed by atoms with E-state index in [1.807, 2.05) is 30.5 Å². The standard InChI is InChI=1S/C21H22O4S/c1-2-15(19-4-3-9-26-19)20-17(22)11-18(25-21(20)23)16(14-5-6-14)10-13-7-8-24-12-13/h3-4,7-9,11-12,14-16,22H,2,5-6,10H2,1H3. The summed E-state index contributed by atoms with van der Waals surface area (Å²) in [5.41, 5.74) is 1.03. The SMILES string of the molecule is CCC(c1cccs1)c1c(O)cc(C(Cc2ccoc2)C2CC2)oc1=O. The van der Waals surface area contributed by atoms with E-state index >= 15 is 0 Å². The lowest BCUT2D eigenvalue weighted by molar-refractivity contribution is 0.372. The molecular weight excluding hydrogens is 348 g/mol. The van der Waals surface area contributed by atoms with Gasteiger partial charge in [0, 0.05) is 22.8 Å². The van der Waals surface area contributed by atoms with Gasteiger partial charge in [-0.2, -0.15) is 0 Å². The molecule has 0 spiro atoms. The van der Waals surface area contributed by atoms with Crippen molar-refractivity contribution < 1.29 is 13.9 Å². The van der Waals surface area contributed by atoms with Crippen molar-refractivity contribution in [1.29, 1.82) is 0 Å². The van der Waals surface area contributed by atoms with Crippen LogP contribution in [-0.2, 0) is 6.42 Å². The maximum absolute atomic E-state index is 12.8. The van der Waals surface area contributed by atoms with Crippen molar-refractivity contribution in [1.82, 2.24) is 0 Å². The minimum Gasteiger partial charge on any atom is -0.507 e. The van der Waals surface area contributed by atoms with E-state index in [0.717, 1.165) is 36.1 Å². The molecule has 2 atom stereocenters. The lowest BCUT2D eigenvalue weighted by Crippen LogP contribution is -2.16. The van der Waals surface area contributed by atoms with Crippen molar-refractivity contribution in [2.45, 2.75) is 44.4 Å². The zero-order valence-electron chi connectivity index (χ0n) is 14.7. The topological polar surface area (TPSA) is 63.6 Å². The van der Waals surface area contributed by atoms with Crippen LogP contribution in [0.25, 0.3) is 0 Å². The molecule has 0 bridgehead atoms. The first-order chi connectivity index (χ1) is 12.7. The molecule has 0 amide bonds. The van der Waals surface area contributed by atoms with Crippen LogP contribution >= 0.6 is 11.3 Å². The van der Waals surface area contributed by atoms with Crippen LogP contribution in [0.5, 0.6) is 5.75 Å². The van der Waals surface area contributed by atoms with Crippen molar-refractivity contribution >= 4 is 11.3 Å². The van der Waals surface area contributed by atoms with Crippen LogP contribution in [0.3, 0.4) is 0 Å². The molecular formula is C21H22O4S. The molecule has 1 saturated carbocycles. The molecule has 0 radical (unpaired) electrons. The quantitative estimate of drug-likeness (QED) is 0.615. The summed E-state index contributed by atoms with van der Waals surface area (Å²) in [6.45, 7) is 2.02. The molecule has 3 aromatic rings. The van der Waals surface area contributed by atoms with E-state index < -0.39 is 5.63 Å². The molecule has 0 saturated heterocycles. The lowest BCUT2D eigenvalue weighted by Gasteiger charge is -2.18. The Bertz CT molecular complexity index is 904. The fourth-order valence-corrected chi connectivity index (χ4v) is 4.63. The molecule has 4 nitrogen and oxygen atoms in total. The Morgan fingerprint density at radius 3 is 2.77 bits per heavy atom. The van der Waals surface area contributed by atoms with E-state index in [4.69, 9.17) is 8.83 Å². The smallest absolute Gasteiger partial charge is 0.343 e. The zero-order chi connectivity index (χ0) is 18.1. The summed E-state index contributed by atoms with van der Waals surface area (Å²) in [6.07, 6.45) is 7.13. The Balaban J connectivity index is 1.69. The molecule has 1 aliphatic rings. The molecule has 3 aromatic heterocycles. The molecule has 1 N–H and O–H groups in total. The van der Waals surface area contributed by atoms with Gasteiger partial charge in [-0.25, -0.2) is 4.79 Å². The van der Waals surface area contributed by atoms with Crippen LogP contribution in [0.15, 0.2) is 55.8 Å². The molecule has 4 rings (SSSR count). The second-order valence-electron chi connectivity index (χ2n) is 6.99. The molecule has 3 heterocycles. The molecule has 136 valence electrons. The van der Waals surface area contributed by atoms with Gasteiger partial charge >= 0.3 is 5.63 Å². The monoisotopic (exact) mass is 370 g/mol. The van der Waals surface area contributed by atoms with Gasteiger partial charge in [0.25, 0.3) is 0 Å². The van der Waals surface area contributed by atoms with Gasteiger partial charge in [-0.3, -0.25) is 0 Å². The summed E-state index contributed by atoms with van der Waals surface area (Å²) in [4.78, 5) is 13.8. The second-order valence-corrected chi connectivity index (χ2v) is 7.97. The van der Waals surface area contributed by atoms with Crippen molar-refractivity contribution in [3.05, 3.63) is 74.4 Å². The number of hydrogen-bond donors (Lipinski definition) is 1. The highest BCUT2D eigenvalue weighted by atomic mass is 32.1. The first kappa shape index (κ1) is 17.2. The molecule has 0 aromatic carbocycles. The maximum Gasteiger partial charge on any atom is 0.343 e. The maximum atomic E-state index is 12.8. The van der Waals surface area contributed by atoms with Crippen molar-refractivity contribution in [3.63, 3.8) is 0 Å². The van der Waals surface area contributed by atoms with Crippen LogP contribution in [-0.4, -0.2) is 5.11 Å². The zero-order valence-corrected chi connectivity index (χ0v) is 15.5. The van der Waals surface area contributed by atoms with E-state index in [-0.39, 0.29) is 17.6 Å². The number of hydrogen-bond acceptors (Lipinski definition) is 5. The Morgan fingerprint density at radius 2 is 2.19 bits per heavy atom. The highest BCUT2D eigenvalue weighted by Crippen LogP contribution is 2.45. The summed E-state index contributed by atoms with van der Waals surface area (Å²) >= 11 is 1.59. The lowest BCUT2D eigenvalue weighted by atomic mass is 9.91. The van der Waals surface area contributed by atoms with Crippen molar-refractivity contribution in [2.75, 3.05) is 0 Å². The van der Waals surface area contributed by atoms with Crippen molar-refractivity contribution in [3.8, 4) is 5.75 Å². The predicted molar refractivity (Wildman–Crippen MR) is 101 cm³/mol. The molecule has 1 aliphatic carbocycles. The van der Waals surface area contributed by atoms with Crippen LogP contribution in [0.1, 0.15) is 59.8 Å². The van der Waals surface area contributed by atoms with Crippen LogP contribution < -0.4 is 5.63 Å². The van der Waals surface area contributed by atoms with Gasteiger partial charge in [-0.15, -0.1) is 11.3 Å². The van der Waals surface area contributed by atoms with Gasteiger partial charge in [0.05, 0.1) is 18.1 Å². The summed E-state index contributed by atoms with van der Waals surface area (Å²) in [5.74, 6) is 1.10. The van der Waals surface area contributed by atoms with Gasteiger partial charge in [0.1, 0.15) is 11.5 Å². The second kappa shape index (κ2) is 7.16. The van der Waals surface area contributed by atoms with Crippen LogP contribution in [0, 0.1) is 5.92 Å². The summed E-state index contributed by atoms with van der Waals surface area (Å²) in [5, 5.41) is 12.7. The summed E-state index contributed by atoms with van der Waals surface area (Å²) in [7, 11) is 0. The highest BCUT2D eigenvalue weighted by Gasteiger charge is 2.35. The molecule has 1 fully saturated rings. The van der Waals surface area contributed by atoms with E-state index in [2.05, 4.69) is 0 Å². The average molecular weight is 370 g/mol. The fraction of sp³-hybridized carbons (Fsp3) is 0.381. The third-order valence-electron chi connectivity index (χ3n) is 5.22. The van der Waals surface area contributed by atoms with Crippen LogP contribution in [0.2, 0.25) is 0 Å². The number of aromatic hydroxyl groups is 1. The number of furan rings is 1. The van der Waals surface area contributed by atoms with E-state index in [0.29, 0.717) is 17.2 Å². The normalized spacial score (nSPS) is 16.5. The van der Waals surface area contributed by atoms with Gasteiger partial charge in [-0.05, 0) is 54.7 Å². The van der Waals surface area contributed by atoms with Crippen LogP contribution in [0.4, 0.5) is 0 Å². The van der Waals surface area contributed by atoms with Gasteiger partial charge in [0.15, 0.2) is 0 Å². The fourth-order valence-electron chi connectivity index (χ4n) is 3.71. The first-order valence-corrected chi connectivity index (χ1v) is 9.96. The third-order valence-corrected chi connectivity index (χ3v) is 6.21. The Morgan fingerprint density at radius 1 is 1.35 bits per heavy atom. The van der Waals surface area contributed by atoms with E-state index in [9.17, 15) is 9.90 Å². The third kappa shape index (κ3) is 3.36. The molecule has 5 heteroatoms. The Kier molecular flexibility index (Phi) is 4.72. The number of thiophene rings is 1.